The van der Waals surface area contributed by atoms with E-state index in [9.17, 15) is 4.79 Å². The molecule has 110 valence electrons. The highest BCUT2D eigenvalue weighted by Gasteiger charge is 2.26. The molecule has 1 N–H and O–H groups in total. The summed E-state index contributed by atoms with van der Waals surface area (Å²) in [6.07, 6.45) is 8.98. The molecule has 1 heterocycles. The van der Waals surface area contributed by atoms with Crippen LogP contribution >= 0.6 is 0 Å². The lowest BCUT2D eigenvalue weighted by atomic mass is 9.84. The van der Waals surface area contributed by atoms with Crippen molar-refractivity contribution in [2.24, 2.45) is 0 Å². The molecule has 1 aromatic heterocycles. The molecule has 0 bridgehead atoms. The first kappa shape index (κ1) is 14.8. The van der Waals surface area contributed by atoms with Crippen LogP contribution in [0.5, 0.6) is 0 Å². The van der Waals surface area contributed by atoms with Crippen molar-refractivity contribution in [3.05, 3.63) is 24.3 Å². The quantitative estimate of drug-likeness (QED) is 0.902. The molecule has 2 atom stereocenters. The van der Waals surface area contributed by atoms with Crippen LogP contribution in [0.15, 0.2) is 18.6 Å². The smallest absolute Gasteiger partial charge is 0.407 e. The molecule has 20 heavy (non-hydrogen) atoms. The number of carbonyl (C=O) groups is 1. The Kier molecular flexibility index (Phi) is 4.57. The van der Waals surface area contributed by atoms with E-state index in [1.807, 2.05) is 27.0 Å². The minimum atomic E-state index is -0.455. The van der Waals surface area contributed by atoms with Gasteiger partial charge in [0.1, 0.15) is 5.60 Å². The number of amides is 1. The minimum Gasteiger partial charge on any atom is -0.444 e. The van der Waals surface area contributed by atoms with E-state index in [0.717, 1.165) is 31.4 Å². The Hall–Kier alpha value is -1.65. The summed E-state index contributed by atoms with van der Waals surface area (Å²) >= 11 is 0. The molecule has 0 radical (unpaired) electrons. The number of hydrogen-bond acceptors (Lipinski definition) is 4. The van der Waals surface area contributed by atoms with Crippen molar-refractivity contribution in [2.45, 2.75) is 64.0 Å². The van der Waals surface area contributed by atoms with E-state index in [1.54, 1.807) is 12.4 Å². The monoisotopic (exact) mass is 277 g/mol. The summed E-state index contributed by atoms with van der Waals surface area (Å²) in [6, 6.07) is 0.158. The van der Waals surface area contributed by atoms with Crippen molar-refractivity contribution >= 4 is 6.09 Å². The second-order valence-corrected chi connectivity index (χ2v) is 6.34. The van der Waals surface area contributed by atoms with Gasteiger partial charge in [-0.15, -0.1) is 0 Å². The number of ether oxygens (including phenoxy) is 1. The van der Waals surface area contributed by atoms with Crippen LogP contribution in [0.4, 0.5) is 4.79 Å². The topological polar surface area (TPSA) is 64.1 Å². The molecular weight excluding hydrogens is 254 g/mol. The zero-order chi connectivity index (χ0) is 14.6. The number of aromatic nitrogens is 2. The Balaban J connectivity index is 1.89. The first-order chi connectivity index (χ1) is 9.44. The van der Waals surface area contributed by atoms with Gasteiger partial charge in [0.15, 0.2) is 0 Å². The maximum atomic E-state index is 11.8. The van der Waals surface area contributed by atoms with Crippen LogP contribution in [-0.2, 0) is 4.74 Å². The van der Waals surface area contributed by atoms with Crippen LogP contribution in [-0.4, -0.2) is 27.7 Å². The van der Waals surface area contributed by atoms with Crippen molar-refractivity contribution < 1.29 is 9.53 Å². The second kappa shape index (κ2) is 6.20. The average molecular weight is 277 g/mol. The van der Waals surface area contributed by atoms with Crippen LogP contribution in [0.2, 0.25) is 0 Å². The fourth-order valence-corrected chi connectivity index (χ4v) is 2.59. The predicted octanol–water partition coefficient (Wildman–Crippen LogP) is 3.03. The van der Waals surface area contributed by atoms with Crippen LogP contribution in [0.3, 0.4) is 0 Å². The van der Waals surface area contributed by atoms with Gasteiger partial charge in [0.2, 0.25) is 0 Å². The predicted molar refractivity (Wildman–Crippen MR) is 76.4 cm³/mol. The van der Waals surface area contributed by atoms with Gasteiger partial charge in [-0.05, 0) is 40.0 Å². The molecule has 1 aliphatic carbocycles. The van der Waals surface area contributed by atoms with Crippen molar-refractivity contribution in [1.82, 2.24) is 15.3 Å². The Morgan fingerprint density at radius 2 is 2.15 bits per heavy atom. The number of hydrogen-bond donors (Lipinski definition) is 1. The van der Waals surface area contributed by atoms with Crippen LogP contribution in [0.25, 0.3) is 0 Å². The molecule has 1 aromatic rings. The van der Waals surface area contributed by atoms with E-state index >= 15 is 0 Å². The van der Waals surface area contributed by atoms with Gasteiger partial charge in [-0.3, -0.25) is 9.97 Å². The molecule has 0 aliphatic heterocycles. The zero-order valence-corrected chi connectivity index (χ0v) is 12.4. The van der Waals surface area contributed by atoms with E-state index in [2.05, 4.69) is 15.3 Å². The minimum absolute atomic E-state index is 0.158. The SMILES string of the molecule is CC(C)(C)OC(=O)NC1CCCC(c2cnccn2)C1. The second-order valence-electron chi connectivity index (χ2n) is 6.34. The Morgan fingerprint density at radius 3 is 2.80 bits per heavy atom. The molecule has 0 spiro atoms. The molecule has 5 nitrogen and oxygen atoms in total. The molecule has 1 aliphatic rings. The lowest BCUT2D eigenvalue weighted by molar-refractivity contribution is 0.0490. The van der Waals surface area contributed by atoms with Gasteiger partial charge in [-0.25, -0.2) is 4.79 Å². The van der Waals surface area contributed by atoms with E-state index in [-0.39, 0.29) is 12.1 Å². The fraction of sp³-hybridized carbons (Fsp3) is 0.667. The van der Waals surface area contributed by atoms with E-state index < -0.39 is 5.60 Å². The van der Waals surface area contributed by atoms with Crippen molar-refractivity contribution in [3.8, 4) is 0 Å². The molecule has 0 saturated heterocycles. The van der Waals surface area contributed by atoms with E-state index in [0.29, 0.717) is 5.92 Å². The Labute approximate surface area is 120 Å². The number of carbonyl (C=O) groups excluding carboxylic acids is 1. The van der Waals surface area contributed by atoms with Crippen LogP contribution in [0.1, 0.15) is 58.1 Å². The van der Waals surface area contributed by atoms with Crippen LogP contribution in [0, 0.1) is 0 Å². The van der Waals surface area contributed by atoms with Gasteiger partial charge in [0, 0.05) is 30.6 Å². The van der Waals surface area contributed by atoms with Crippen molar-refractivity contribution in [1.29, 1.82) is 0 Å². The standard InChI is InChI=1S/C15H23N3O2/c1-15(2,3)20-14(19)18-12-6-4-5-11(9-12)13-10-16-7-8-17-13/h7-8,10-12H,4-6,9H2,1-3H3,(H,18,19). The summed E-state index contributed by atoms with van der Waals surface area (Å²) in [5, 5.41) is 2.97. The summed E-state index contributed by atoms with van der Waals surface area (Å²) in [6.45, 7) is 5.61. The molecule has 1 saturated carbocycles. The van der Waals surface area contributed by atoms with Gasteiger partial charge in [0.05, 0.1) is 5.69 Å². The van der Waals surface area contributed by atoms with Gasteiger partial charge in [0.25, 0.3) is 0 Å². The summed E-state index contributed by atoms with van der Waals surface area (Å²) in [5.41, 5.74) is 0.562. The molecule has 1 fully saturated rings. The Bertz CT molecular complexity index is 442. The highest BCUT2D eigenvalue weighted by molar-refractivity contribution is 5.68. The first-order valence-corrected chi connectivity index (χ1v) is 7.19. The lowest BCUT2D eigenvalue weighted by Crippen LogP contribution is -2.41. The van der Waals surface area contributed by atoms with Gasteiger partial charge < -0.3 is 10.1 Å². The van der Waals surface area contributed by atoms with Crippen molar-refractivity contribution in [2.75, 3.05) is 0 Å². The third kappa shape index (κ3) is 4.47. The number of nitrogens with zero attached hydrogens (tertiary/aromatic N) is 2. The molecule has 1 amide bonds. The van der Waals surface area contributed by atoms with Gasteiger partial charge in [-0.2, -0.15) is 0 Å². The maximum Gasteiger partial charge on any atom is 0.407 e. The number of alkyl carbamates (subject to hydrolysis) is 1. The molecule has 5 heteroatoms. The van der Waals surface area contributed by atoms with Crippen molar-refractivity contribution in [3.63, 3.8) is 0 Å². The lowest BCUT2D eigenvalue weighted by Gasteiger charge is -2.30. The Morgan fingerprint density at radius 1 is 1.35 bits per heavy atom. The molecule has 2 unspecified atom stereocenters. The molecular formula is C15H23N3O2. The van der Waals surface area contributed by atoms with E-state index in [4.69, 9.17) is 4.74 Å². The third-order valence-electron chi connectivity index (χ3n) is 3.40. The van der Waals surface area contributed by atoms with Gasteiger partial charge in [-0.1, -0.05) is 6.42 Å². The molecule has 2 rings (SSSR count). The summed E-state index contributed by atoms with van der Waals surface area (Å²) in [5.74, 6) is 0.373. The van der Waals surface area contributed by atoms with E-state index in [1.165, 1.54) is 0 Å². The van der Waals surface area contributed by atoms with Crippen LogP contribution < -0.4 is 5.32 Å². The third-order valence-corrected chi connectivity index (χ3v) is 3.40. The first-order valence-electron chi connectivity index (χ1n) is 7.19. The largest absolute Gasteiger partial charge is 0.444 e. The zero-order valence-electron chi connectivity index (χ0n) is 12.4. The summed E-state index contributed by atoms with van der Waals surface area (Å²) < 4.78 is 5.30. The highest BCUT2D eigenvalue weighted by Crippen LogP contribution is 2.31. The van der Waals surface area contributed by atoms with Gasteiger partial charge >= 0.3 is 6.09 Å². The summed E-state index contributed by atoms with van der Waals surface area (Å²) in [4.78, 5) is 20.3. The average Bonchev–Trinajstić information content (AvgIpc) is 2.38. The molecule has 0 aromatic carbocycles. The summed E-state index contributed by atoms with van der Waals surface area (Å²) in [7, 11) is 0. The number of rotatable bonds is 2. The number of nitrogens with one attached hydrogen (secondary N) is 1. The maximum absolute atomic E-state index is 11.8. The fourth-order valence-electron chi connectivity index (χ4n) is 2.59. The highest BCUT2D eigenvalue weighted by atomic mass is 16.6. The normalized spacial score (nSPS) is 23.1.